The normalized spacial score (nSPS) is 11.8. The third-order valence-electron chi connectivity index (χ3n) is 7.66. The fourth-order valence-corrected chi connectivity index (χ4v) is 4.85. The lowest BCUT2D eigenvalue weighted by Gasteiger charge is -2.11. The smallest absolute Gasteiger partial charge is 0.338 e. The van der Waals surface area contributed by atoms with E-state index in [1.54, 1.807) is 12.1 Å². The van der Waals surface area contributed by atoms with Gasteiger partial charge in [0.05, 0.1) is 11.7 Å². The minimum Gasteiger partial charge on any atom is -0.459 e. The van der Waals surface area contributed by atoms with Gasteiger partial charge in [-0.15, -0.1) is 0 Å². The minimum absolute atomic E-state index is 0.0912. The van der Waals surface area contributed by atoms with E-state index in [0.717, 1.165) is 30.4 Å². The van der Waals surface area contributed by atoms with Gasteiger partial charge < -0.3 is 9.47 Å². The van der Waals surface area contributed by atoms with E-state index in [0.29, 0.717) is 17.7 Å². The average molecular weight is 551 g/mol. The van der Waals surface area contributed by atoms with Crippen molar-refractivity contribution < 1.29 is 19.1 Å². The Labute approximate surface area is 244 Å². The van der Waals surface area contributed by atoms with Gasteiger partial charge in [0.1, 0.15) is 5.75 Å². The summed E-state index contributed by atoms with van der Waals surface area (Å²) >= 11 is 0. The van der Waals surface area contributed by atoms with E-state index in [2.05, 4.69) is 6.92 Å². The molecule has 0 heterocycles. The first-order chi connectivity index (χ1) is 19.5. The number of ether oxygens (including phenoxy) is 2. The largest absolute Gasteiger partial charge is 0.459 e. The SMILES string of the molecule is CCCCCCCCCCCCCCCCCCC(=O)Oc1ccc(-c2ccc(C(=O)OC(C)CC)cc2)cc1. The van der Waals surface area contributed by atoms with Gasteiger partial charge in [0, 0.05) is 6.42 Å². The van der Waals surface area contributed by atoms with Crippen LogP contribution in [0.25, 0.3) is 11.1 Å². The van der Waals surface area contributed by atoms with Crippen molar-refractivity contribution in [1.82, 2.24) is 0 Å². The zero-order valence-electron chi connectivity index (χ0n) is 25.6. The van der Waals surface area contributed by atoms with Crippen LogP contribution < -0.4 is 4.74 Å². The Morgan fingerprint density at radius 3 is 1.48 bits per heavy atom. The number of hydrogen-bond donors (Lipinski definition) is 0. The van der Waals surface area contributed by atoms with Crippen LogP contribution in [-0.4, -0.2) is 18.0 Å². The molecule has 0 fully saturated rings. The molecule has 2 aromatic rings. The van der Waals surface area contributed by atoms with Gasteiger partial charge in [0.15, 0.2) is 0 Å². The Balaban J connectivity index is 1.51. The molecule has 0 radical (unpaired) electrons. The highest BCUT2D eigenvalue weighted by Crippen LogP contribution is 2.24. The van der Waals surface area contributed by atoms with Crippen molar-refractivity contribution in [3.8, 4) is 16.9 Å². The Morgan fingerprint density at radius 1 is 0.600 bits per heavy atom. The van der Waals surface area contributed by atoms with E-state index >= 15 is 0 Å². The van der Waals surface area contributed by atoms with E-state index in [-0.39, 0.29) is 18.0 Å². The van der Waals surface area contributed by atoms with Crippen LogP contribution in [0.5, 0.6) is 5.75 Å². The maximum absolute atomic E-state index is 12.2. The summed E-state index contributed by atoms with van der Waals surface area (Å²) in [5, 5.41) is 0. The highest BCUT2D eigenvalue weighted by Gasteiger charge is 2.11. The molecule has 0 amide bonds. The molecule has 4 nitrogen and oxygen atoms in total. The van der Waals surface area contributed by atoms with Crippen LogP contribution in [0.15, 0.2) is 48.5 Å². The van der Waals surface area contributed by atoms with Gasteiger partial charge in [-0.2, -0.15) is 0 Å². The lowest BCUT2D eigenvalue weighted by atomic mass is 10.0. The molecule has 0 saturated heterocycles. The molecule has 0 saturated carbocycles. The molecule has 40 heavy (non-hydrogen) atoms. The predicted octanol–water partition coefficient (Wildman–Crippen LogP) is 10.9. The molecular weight excluding hydrogens is 496 g/mol. The van der Waals surface area contributed by atoms with Gasteiger partial charge in [0.25, 0.3) is 0 Å². The third kappa shape index (κ3) is 14.7. The van der Waals surface area contributed by atoms with Crippen molar-refractivity contribution in [3.63, 3.8) is 0 Å². The molecule has 0 N–H and O–H groups in total. The van der Waals surface area contributed by atoms with E-state index in [4.69, 9.17) is 9.47 Å². The van der Waals surface area contributed by atoms with Gasteiger partial charge in [-0.3, -0.25) is 4.79 Å². The lowest BCUT2D eigenvalue weighted by Crippen LogP contribution is -2.13. The number of unbranched alkanes of at least 4 members (excludes halogenated alkanes) is 15. The number of esters is 2. The van der Waals surface area contributed by atoms with Crippen molar-refractivity contribution in [3.05, 3.63) is 54.1 Å². The summed E-state index contributed by atoms with van der Waals surface area (Å²) in [6, 6.07) is 14.9. The van der Waals surface area contributed by atoms with Gasteiger partial charge in [-0.1, -0.05) is 134 Å². The zero-order valence-corrected chi connectivity index (χ0v) is 25.6. The van der Waals surface area contributed by atoms with Crippen molar-refractivity contribution in [2.75, 3.05) is 0 Å². The molecule has 0 aliphatic carbocycles. The van der Waals surface area contributed by atoms with Crippen LogP contribution in [0.4, 0.5) is 0 Å². The monoisotopic (exact) mass is 550 g/mol. The standard InChI is InChI=1S/C36H54O4/c1-4-6-7-8-9-10-11-12-13-14-15-16-17-18-19-20-21-35(37)40-34-28-26-32(27-29-34)31-22-24-33(25-23-31)36(38)39-30(3)5-2/h22-30H,4-21H2,1-3H3. The third-order valence-corrected chi connectivity index (χ3v) is 7.66. The maximum atomic E-state index is 12.2. The summed E-state index contributed by atoms with van der Waals surface area (Å²) in [6.45, 7) is 6.16. The topological polar surface area (TPSA) is 52.6 Å². The second-order valence-corrected chi connectivity index (χ2v) is 11.3. The Bertz CT molecular complexity index is 932. The number of hydrogen-bond acceptors (Lipinski definition) is 4. The van der Waals surface area contributed by atoms with E-state index in [9.17, 15) is 9.59 Å². The molecule has 0 bridgehead atoms. The van der Waals surface area contributed by atoms with Gasteiger partial charge >= 0.3 is 11.9 Å². The number of rotatable bonds is 22. The Kier molecular flexibility index (Phi) is 17.8. The highest BCUT2D eigenvalue weighted by atomic mass is 16.5. The maximum Gasteiger partial charge on any atom is 0.338 e. The van der Waals surface area contributed by atoms with Crippen LogP contribution in [0.1, 0.15) is 147 Å². The van der Waals surface area contributed by atoms with Crippen LogP contribution >= 0.6 is 0 Å². The molecule has 1 unspecified atom stereocenters. The summed E-state index contributed by atoms with van der Waals surface area (Å²) in [5.74, 6) is 0.105. The van der Waals surface area contributed by atoms with Gasteiger partial charge in [0.2, 0.25) is 0 Å². The Hall–Kier alpha value is -2.62. The number of carbonyl (C=O) groups excluding carboxylic acids is 2. The lowest BCUT2D eigenvalue weighted by molar-refractivity contribution is -0.134. The molecule has 222 valence electrons. The molecule has 0 aliphatic heterocycles. The average Bonchev–Trinajstić information content (AvgIpc) is 2.97. The molecule has 4 heteroatoms. The molecule has 1 atom stereocenters. The molecule has 0 aliphatic rings. The molecule has 2 aromatic carbocycles. The van der Waals surface area contributed by atoms with E-state index in [1.807, 2.05) is 50.2 Å². The molecular formula is C36H54O4. The summed E-state index contributed by atoms with van der Waals surface area (Å²) in [6.07, 6.45) is 22.3. The van der Waals surface area contributed by atoms with Crippen molar-refractivity contribution in [1.29, 1.82) is 0 Å². The highest BCUT2D eigenvalue weighted by molar-refractivity contribution is 5.90. The molecule has 0 aromatic heterocycles. The second kappa shape index (κ2) is 21.2. The second-order valence-electron chi connectivity index (χ2n) is 11.3. The van der Waals surface area contributed by atoms with Crippen molar-refractivity contribution >= 4 is 11.9 Å². The fraction of sp³-hybridized carbons (Fsp3) is 0.611. The van der Waals surface area contributed by atoms with Crippen LogP contribution in [0, 0.1) is 0 Å². The number of benzene rings is 2. The fourth-order valence-electron chi connectivity index (χ4n) is 4.85. The first kappa shape index (κ1) is 33.6. The van der Waals surface area contributed by atoms with Crippen LogP contribution in [0.2, 0.25) is 0 Å². The van der Waals surface area contributed by atoms with Gasteiger partial charge in [-0.25, -0.2) is 4.79 Å². The summed E-state index contributed by atoms with van der Waals surface area (Å²) in [4.78, 5) is 24.4. The summed E-state index contributed by atoms with van der Waals surface area (Å²) in [5.41, 5.74) is 2.54. The van der Waals surface area contributed by atoms with E-state index < -0.39 is 0 Å². The molecule has 0 spiro atoms. The van der Waals surface area contributed by atoms with Crippen molar-refractivity contribution in [2.45, 2.75) is 142 Å². The minimum atomic E-state index is -0.299. The predicted molar refractivity (Wildman–Crippen MR) is 167 cm³/mol. The summed E-state index contributed by atoms with van der Waals surface area (Å²) < 4.78 is 10.9. The first-order valence-electron chi connectivity index (χ1n) is 16.2. The quantitative estimate of drug-likeness (QED) is 0.0831. The number of carbonyl (C=O) groups is 2. The first-order valence-corrected chi connectivity index (χ1v) is 16.2. The summed E-state index contributed by atoms with van der Waals surface area (Å²) in [7, 11) is 0. The Morgan fingerprint density at radius 2 is 1.02 bits per heavy atom. The zero-order chi connectivity index (χ0) is 28.8. The molecule has 2 rings (SSSR count). The van der Waals surface area contributed by atoms with E-state index in [1.165, 1.54) is 89.9 Å². The van der Waals surface area contributed by atoms with Crippen LogP contribution in [0.3, 0.4) is 0 Å². The van der Waals surface area contributed by atoms with Crippen LogP contribution in [-0.2, 0) is 9.53 Å². The van der Waals surface area contributed by atoms with Gasteiger partial charge in [-0.05, 0) is 55.2 Å². The van der Waals surface area contributed by atoms with Crippen molar-refractivity contribution in [2.24, 2.45) is 0 Å².